The lowest BCUT2D eigenvalue weighted by Crippen LogP contribution is -2.57. The molecule has 118 valence electrons. The molecule has 1 aliphatic rings. The van der Waals surface area contributed by atoms with Gasteiger partial charge in [-0.3, -0.25) is 4.79 Å². The minimum atomic E-state index is -0.527. The Morgan fingerprint density at radius 2 is 2.10 bits per heavy atom. The van der Waals surface area contributed by atoms with Gasteiger partial charge < -0.3 is 14.8 Å². The minimum absolute atomic E-state index is 0.0998. The molecule has 1 fully saturated rings. The van der Waals surface area contributed by atoms with Crippen molar-refractivity contribution >= 4 is 5.97 Å². The van der Waals surface area contributed by atoms with Crippen LogP contribution in [0.5, 0.6) is 0 Å². The van der Waals surface area contributed by atoms with Crippen molar-refractivity contribution in [2.45, 2.75) is 77.4 Å². The molecular formula is C16H31NO3. The van der Waals surface area contributed by atoms with Gasteiger partial charge in [0.05, 0.1) is 12.7 Å². The van der Waals surface area contributed by atoms with Crippen molar-refractivity contribution in [2.24, 2.45) is 0 Å². The number of ether oxygens (including phenoxy) is 2. The normalized spacial score (nSPS) is 26.4. The van der Waals surface area contributed by atoms with Gasteiger partial charge in [-0.05, 0) is 45.6 Å². The first-order valence-electron chi connectivity index (χ1n) is 8.22. The maximum Gasteiger partial charge on any atom is 0.326 e. The molecule has 2 atom stereocenters. The minimum Gasteiger partial charge on any atom is -0.465 e. The molecular weight excluding hydrogens is 254 g/mol. The van der Waals surface area contributed by atoms with E-state index in [1.54, 1.807) is 0 Å². The highest BCUT2D eigenvalue weighted by Crippen LogP contribution is 2.31. The Morgan fingerprint density at radius 1 is 1.30 bits per heavy atom. The van der Waals surface area contributed by atoms with Crippen LogP contribution in [0.2, 0.25) is 0 Å². The van der Waals surface area contributed by atoms with E-state index in [1.807, 2.05) is 6.92 Å². The van der Waals surface area contributed by atoms with Crippen LogP contribution >= 0.6 is 0 Å². The third-order valence-corrected chi connectivity index (χ3v) is 3.94. The van der Waals surface area contributed by atoms with Gasteiger partial charge in [-0.25, -0.2) is 0 Å². The van der Waals surface area contributed by atoms with E-state index in [0.29, 0.717) is 6.61 Å². The summed E-state index contributed by atoms with van der Waals surface area (Å²) in [5.41, 5.74) is -0.527. The number of esters is 1. The van der Waals surface area contributed by atoms with Crippen molar-refractivity contribution in [3.8, 4) is 0 Å². The highest BCUT2D eigenvalue weighted by molar-refractivity contribution is 5.81. The molecule has 0 saturated heterocycles. The Morgan fingerprint density at radius 3 is 2.75 bits per heavy atom. The monoisotopic (exact) mass is 285 g/mol. The van der Waals surface area contributed by atoms with Crippen molar-refractivity contribution in [1.82, 2.24) is 5.32 Å². The zero-order valence-electron chi connectivity index (χ0n) is 13.4. The second-order valence-corrected chi connectivity index (χ2v) is 5.67. The van der Waals surface area contributed by atoms with Crippen LogP contribution in [0, 0.1) is 0 Å². The first kappa shape index (κ1) is 17.4. The van der Waals surface area contributed by atoms with Crippen LogP contribution < -0.4 is 5.32 Å². The number of hydrogen-bond acceptors (Lipinski definition) is 4. The predicted octanol–water partition coefficient (Wildman–Crippen LogP) is 3.05. The fourth-order valence-corrected chi connectivity index (χ4v) is 2.81. The topological polar surface area (TPSA) is 47.6 Å². The van der Waals surface area contributed by atoms with Crippen LogP contribution in [0.3, 0.4) is 0 Å². The van der Waals surface area contributed by atoms with Gasteiger partial charge in [-0.1, -0.05) is 20.3 Å². The van der Waals surface area contributed by atoms with Crippen LogP contribution in [0.15, 0.2) is 0 Å². The van der Waals surface area contributed by atoms with Crippen LogP contribution in [0.1, 0.15) is 65.7 Å². The number of hydrogen-bond donors (Lipinski definition) is 1. The summed E-state index contributed by atoms with van der Waals surface area (Å²) < 4.78 is 11.2. The average Bonchev–Trinajstić information content (AvgIpc) is 2.46. The Bertz CT molecular complexity index is 283. The smallest absolute Gasteiger partial charge is 0.326 e. The molecule has 0 spiro atoms. The highest BCUT2D eigenvalue weighted by atomic mass is 16.5. The van der Waals surface area contributed by atoms with Crippen LogP contribution in [-0.2, 0) is 14.3 Å². The van der Waals surface area contributed by atoms with E-state index in [0.717, 1.165) is 58.1 Å². The first-order valence-corrected chi connectivity index (χ1v) is 8.22. The van der Waals surface area contributed by atoms with Crippen molar-refractivity contribution in [3.63, 3.8) is 0 Å². The molecule has 0 aromatic rings. The summed E-state index contributed by atoms with van der Waals surface area (Å²) in [7, 11) is 0. The standard InChI is InChI=1S/C16H31NO3/c1-4-7-12-20-14-9-8-10-16(13-14,17-11-5-2)15(18)19-6-3/h14,17H,4-13H2,1-3H3. The van der Waals surface area contributed by atoms with Crippen LogP contribution in [0.4, 0.5) is 0 Å². The molecule has 4 nitrogen and oxygen atoms in total. The Labute approximate surface area is 123 Å². The zero-order valence-corrected chi connectivity index (χ0v) is 13.4. The third-order valence-electron chi connectivity index (χ3n) is 3.94. The lowest BCUT2D eigenvalue weighted by Gasteiger charge is -2.39. The second kappa shape index (κ2) is 9.35. The van der Waals surface area contributed by atoms with E-state index < -0.39 is 5.54 Å². The van der Waals surface area contributed by atoms with Gasteiger partial charge >= 0.3 is 5.97 Å². The molecule has 2 unspecified atom stereocenters. The van der Waals surface area contributed by atoms with Crippen LogP contribution in [-0.4, -0.2) is 37.4 Å². The molecule has 4 heteroatoms. The maximum absolute atomic E-state index is 12.4. The molecule has 20 heavy (non-hydrogen) atoms. The van der Waals surface area contributed by atoms with Gasteiger partial charge in [0.1, 0.15) is 5.54 Å². The van der Waals surface area contributed by atoms with E-state index in [2.05, 4.69) is 19.2 Å². The quantitative estimate of drug-likeness (QED) is 0.522. The SMILES string of the molecule is CCCCOC1CCCC(NCCC)(C(=O)OCC)C1. The van der Waals surface area contributed by atoms with Crippen molar-refractivity contribution in [1.29, 1.82) is 0 Å². The number of rotatable bonds is 9. The number of carbonyl (C=O) groups excluding carboxylic acids is 1. The molecule has 0 radical (unpaired) electrons. The Balaban J connectivity index is 2.63. The van der Waals surface area contributed by atoms with Gasteiger partial charge in [0.25, 0.3) is 0 Å². The lowest BCUT2D eigenvalue weighted by molar-refractivity contribution is -0.155. The van der Waals surface area contributed by atoms with E-state index in [9.17, 15) is 4.79 Å². The summed E-state index contributed by atoms with van der Waals surface area (Å²) in [6.45, 7) is 8.23. The molecule has 0 bridgehead atoms. The van der Waals surface area contributed by atoms with E-state index in [1.165, 1.54) is 0 Å². The summed E-state index contributed by atoms with van der Waals surface area (Å²) >= 11 is 0. The first-order chi connectivity index (χ1) is 9.68. The maximum atomic E-state index is 12.4. The summed E-state index contributed by atoms with van der Waals surface area (Å²) in [5.74, 6) is -0.0998. The van der Waals surface area contributed by atoms with Crippen LogP contribution in [0.25, 0.3) is 0 Å². The van der Waals surface area contributed by atoms with Gasteiger partial charge in [-0.2, -0.15) is 0 Å². The predicted molar refractivity (Wildman–Crippen MR) is 80.8 cm³/mol. The molecule has 1 aliphatic carbocycles. The fourth-order valence-electron chi connectivity index (χ4n) is 2.81. The Kier molecular flexibility index (Phi) is 8.15. The second-order valence-electron chi connectivity index (χ2n) is 5.67. The highest BCUT2D eigenvalue weighted by Gasteiger charge is 2.43. The van der Waals surface area contributed by atoms with Crippen molar-refractivity contribution in [2.75, 3.05) is 19.8 Å². The lowest BCUT2D eigenvalue weighted by atomic mass is 9.79. The number of nitrogens with one attached hydrogen (secondary N) is 1. The van der Waals surface area contributed by atoms with Gasteiger partial charge in [-0.15, -0.1) is 0 Å². The van der Waals surface area contributed by atoms with E-state index in [-0.39, 0.29) is 12.1 Å². The van der Waals surface area contributed by atoms with E-state index >= 15 is 0 Å². The molecule has 1 rings (SSSR count). The molecule has 1 saturated carbocycles. The summed E-state index contributed by atoms with van der Waals surface area (Å²) in [6, 6.07) is 0. The van der Waals surface area contributed by atoms with Gasteiger partial charge in [0.2, 0.25) is 0 Å². The Hall–Kier alpha value is -0.610. The molecule has 0 aliphatic heterocycles. The third kappa shape index (κ3) is 5.06. The summed E-state index contributed by atoms with van der Waals surface area (Å²) in [5, 5.41) is 3.44. The van der Waals surface area contributed by atoms with Crippen molar-refractivity contribution < 1.29 is 14.3 Å². The number of carbonyl (C=O) groups is 1. The number of unbranched alkanes of at least 4 members (excludes halogenated alkanes) is 1. The molecule has 0 aromatic heterocycles. The molecule has 0 aromatic carbocycles. The van der Waals surface area contributed by atoms with Gasteiger partial charge in [0, 0.05) is 13.0 Å². The van der Waals surface area contributed by atoms with E-state index in [4.69, 9.17) is 9.47 Å². The average molecular weight is 285 g/mol. The van der Waals surface area contributed by atoms with Crippen molar-refractivity contribution in [3.05, 3.63) is 0 Å². The van der Waals surface area contributed by atoms with Gasteiger partial charge in [0.15, 0.2) is 0 Å². The molecule has 0 heterocycles. The summed E-state index contributed by atoms with van der Waals surface area (Å²) in [6.07, 6.45) is 7.11. The molecule has 0 amide bonds. The molecule has 1 N–H and O–H groups in total. The zero-order chi connectivity index (χ0) is 14.8. The summed E-state index contributed by atoms with van der Waals surface area (Å²) in [4.78, 5) is 12.4. The largest absolute Gasteiger partial charge is 0.465 e. The fraction of sp³-hybridized carbons (Fsp3) is 0.938.